The normalized spacial score (nSPS) is 26.8. The zero-order chi connectivity index (χ0) is 13.1. The fourth-order valence-electron chi connectivity index (χ4n) is 1.90. The summed E-state index contributed by atoms with van der Waals surface area (Å²) in [7, 11) is 0. The van der Waals surface area contributed by atoms with Gasteiger partial charge in [0.05, 0.1) is 18.8 Å². The second-order valence-electron chi connectivity index (χ2n) is 3.86. The molecular weight excluding hydrogens is 242 g/mol. The predicted molar refractivity (Wildman–Crippen MR) is 59.9 cm³/mol. The maximum Gasteiger partial charge on any atom is 0.330 e. The van der Waals surface area contributed by atoms with Gasteiger partial charge < -0.3 is 9.84 Å². The van der Waals surface area contributed by atoms with Crippen LogP contribution in [0.15, 0.2) is 27.0 Å². The molecule has 96 valence electrons. The van der Waals surface area contributed by atoms with E-state index in [1.165, 1.54) is 12.3 Å². The Labute approximate surface area is 100 Å². The van der Waals surface area contributed by atoms with E-state index >= 15 is 0 Å². The third-order valence-electron chi connectivity index (χ3n) is 2.69. The number of hydrogen-bond donors (Lipinski definition) is 2. The second-order valence-corrected chi connectivity index (χ2v) is 3.86. The molecule has 2 N–H and O–H groups in total. The zero-order valence-corrected chi connectivity index (χ0v) is 9.26. The van der Waals surface area contributed by atoms with Crippen molar-refractivity contribution in [1.29, 1.82) is 0 Å². The van der Waals surface area contributed by atoms with Gasteiger partial charge in [-0.25, -0.2) is 4.79 Å². The molecule has 0 saturated carbocycles. The minimum atomic E-state index is -0.817. The molecule has 0 aliphatic carbocycles. The van der Waals surface area contributed by atoms with Crippen LogP contribution < -0.4 is 11.2 Å². The van der Waals surface area contributed by atoms with Crippen LogP contribution in [0.3, 0.4) is 0 Å². The monoisotopic (exact) mass is 253 g/mol. The molecular formula is C9H11N5O4. The number of aliphatic hydroxyl groups is 1. The van der Waals surface area contributed by atoms with Gasteiger partial charge in [0, 0.05) is 17.2 Å². The number of nitrogens with one attached hydrogen (secondary N) is 1. The van der Waals surface area contributed by atoms with E-state index in [2.05, 4.69) is 15.0 Å². The van der Waals surface area contributed by atoms with Crippen LogP contribution in [0.2, 0.25) is 0 Å². The first-order valence-electron chi connectivity index (χ1n) is 5.27. The summed E-state index contributed by atoms with van der Waals surface area (Å²) in [5, 5.41) is 12.6. The van der Waals surface area contributed by atoms with E-state index in [1.807, 2.05) is 0 Å². The van der Waals surface area contributed by atoms with Gasteiger partial charge >= 0.3 is 5.69 Å². The summed E-state index contributed by atoms with van der Waals surface area (Å²) >= 11 is 0. The number of aliphatic hydroxyl groups excluding tert-OH is 1. The number of aromatic nitrogens is 2. The molecule has 2 heterocycles. The van der Waals surface area contributed by atoms with Crippen LogP contribution in [0.1, 0.15) is 12.6 Å². The van der Waals surface area contributed by atoms with Gasteiger partial charge in [-0.2, -0.15) is 0 Å². The summed E-state index contributed by atoms with van der Waals surface area (Å²) in [6, 6.07) is 0.570. The number of nitrogens with zero attached hydrogens (tertiary/aromatic N) is 4. The van der Waals surface area contributed by atoms with Crippen LogP contribution in [0, 0.1) is 0 Å². The first kappa shape index (κ1) is 12.4. The summed E-state index contributed by atoms with van der Waals surface area (Å²) in [5.41, 5.74) is 7.29. The molecule has 9 nitrogen and oxygen atoms in total. The Bertz CT molecular complexity index is 587. The van der Waals surface area contributed by atoms with E-state index in [0.717, 1.165) is 4.57 Å². The maximum atomic E-state index is 11.6. The Morgan fingerprint density at radius 3 is 3.06 bits per heavy atom. The summed E-state index contributed by atoms with van der Waals surface area (Å²) in [6.45, 7) is -0.230. The van der Waals surface area contributed by atoms with E-state index in [-0.39, 0.29) is 6.61 Å². The topological polar surface area (TPSA) is 133 Å². The molecule has 0 spiro atoms. The highest BCUT2D eigenvalue weighted by atomic mass is 16.5. The highest BCUT2D eigenvalue weighted by Gasteiger charge is 2.36. The molecule has 18 heavy (non-hydrogen) atoms. The smallest absolute Gasteiger partial charge is 0.330 e. The first-order valence-corrected chi connectivity index (χ1v) is 5.27. The van der Waals surface area contributed by atoms with Crippen molar-refractivity contribution < 1.29 is 9.84 Å². The van der Waals surface area contributed by atoms with Gasteiger partial charge in [-0.05, 0) is 12.0 Å². The third-order valence-corrected chi connectivity index (χ3v) is 2.69. The Balaban J connectivity index is 2.38. The molecule has 0 amide bonds. The average molecular weight is 253 g/mol. The van der Waals surface area contributed by atoms with Crippen LogP contribution in [0.5, 0.6) is 0 Å². The maximum absolute atomic E-state index is 11.6. The lowest BCUT2D eigenvalue weighted by Crippen LogP contribution is -2.34. The number of rotatable bonds is 3. The van der Waals surface area contributed by atoms with Crippen LogP contribution in [-0.4, -0.2) is 33.4 Å². The van der Waals surface area contributed by atoms with Crippen molar-refractivity contribution in [3.05, 3.63) is 43.5 Å². The molecule has 3 atom stereocenters. The minimum Gasteiger partial charge on any atom is -0.394 e. The number of aromatic amines is 1. The van der Waals surface area contributed by atoms with Crippen molar-refractivity contribution in [3.8, 4) is 0 Å². The Hall–Kier alpha value is -2.09. The van der Waals surface area contributed by atoms with E-state index < -0.39 is 29.6 Å². The molecule has 1 saturated heterocycles. The van der Waals surface area contributed by atoms with Crippen LogP contribution in [-0.2, 0) is 4.74 Å². The molecule has 1 fully saturated rings. The molecule has 1 aromatic rings. The highest BCUT2D eigenvalue weighted by molar-refractivity contribution is 4.91. The Morgan fingerprint density at radius 1 is 1.67 bits per heavy atom. The van der Waals surface area contributed by atoms with E-state index in [0.29, 0.717) is 6.42 Å². The van der Waals surface area contributed by atoms with E-state index in [1.54, 1.807) is 0 Å². The summed E-state index contributed by atoms with van der Waals surface area (Å²) in [4.78, 5) is 27.3. The molecule has 1 aromatic heterocycles. The van der Waals surface area contributed by atoms with E-state index in [9.17, 15) is 9.59 Å². The van der Waals surface area contributed by atoms with Gasteiger partial charge in [0.1, 0.15) is 6.23 Å². The number of azide groups is 1. The second kappa shape index (κ2) is 5.05. The number of ether oxygens (including phenoxy) is 1. The van der Waals surface area contributed by atoms with Gasteiger partial charge in [-0.1, -0.05) is 5.11 Å². The molecule has 0 bridgehead atoms. The van der Waals surface area contributed by atoms with E-state index in [4.69, 9.17) is 15.4 Å². The van der Waals surface area contributed by atoms with Gasteiger partial charge in [0.25, 0.3) is 5.56 Å². The van der Waals surface area contributed by atoms with Crippen molar-refractivity contribution in [1.82, 2.24) is 9.55 Å². The van der Waals surface area contributed by atoms with Crippen molar-refractivity contribution in [3.63, 3.8) is 0 Å². The van der Waals surface area contributed by atoms with Crippen molar-refractivity contribution >= 4 is 0 Å². The van der Waals surface area contributed by atoms with Crippen molar-refractivity contribution in [2.75, 3.05) is 6.61 Å². The average Bonchev–Trinajstić information content (AvgIpc) is 2.73. The number of hydrogen-bond acceptors (Lipinski definition) is 5. The summed E-state index contributed by atoms with van der Waals surface area (Å²) < 4.78 is 6.54. The first-order chi connectivity index (χ1) is 8.65. The fraction of sp³-hybridized carbons (Fsp3) is 0.556. The van der Waals surface area contributed by atoms with Crippen LogP contribution >= 0.6 is 0 Å². The number of H-pyrrole nitrogens is 1. The molecule has 9 heteroatoms. The fourth-order valence-corrected chi connectivity index (χ4v) is 1.90. The van der Waals surface area contributed by atoms with Crippen molar-refractivity contribution in [2.24, 2.45) is 5.11 Å². The SMILES string of the molecule is [N-]=[N+]=N[C@@H]1C[C@H](CO)O[C@@H]1n1ccc(=O)[nH]c1=O. The van der Waals surface area contributed by atoms with Gasteiger partial charge in [0.15, 0.2) is 0 Å². The summed E-state index contributed by atoms with van der Waals surface area (Å²) in [5.74, 6) is 0. The quantitative estimate of drug-likeness (QED) is 0.426. The lowest BCUT2D eigenvalue weighted by atomic mass is 10.2. The summed E-state index contributed by atoms with van der Waals surface area (Å²) in [6.07, 6.45) is 0.272. The zero-order valence-electron chi connectivity index (χ0n) is 9.26. The molecule has 0 aromatic carbocycles. The molecule has 2 rings (SSSR count). The Morgan fingerprint density at radius 2 is 2.44 bits per heavy atom. The van der Waals surface area contributed by atoms with Gasteiger partial charge in [-0.15, -0.1) is 0 Å². The predicted octanol–water partition coefficient (Wildman–Crippen LogP) is -0.505. The highest BCUT2D eigenvalue weighted by Crippen LogP contribution is 2.29. The largest absolute Gasteiger partial charge is 0.394 e. The molecule has 0 unspecified atom stereocenters. The standard InChI is InChI=1S/C9H11N5O4/c10-13-12-6-3-5(4-15)18-8(6)14-2-1-7(16)11-9(14)17/h1-2,5-6,8,15H,3-4H2,(H,11,16,17)/t5-,6-,8+/m1/s1. The van der Waals surface area contributed by atoms with Gasteiger partial charge in [-0.3, -0.25) is 14.3 Å². The lowest BCUT2D eigenvalue weighted by Gasteiger charge is -2.17. The molecule has 0 radical (unpaired) electrons. The minimum absolute atomic E-state index is 0.230. The van der Waals surface area contributed by atoms with Crippen molar-refractivity contribution in [2.45, 2.75) is 24.8 Å². The molecule has 1 aliphatic heterocycles. The van der Waals surface area contributed by atoms with Crippen LogP contribution in [0.25, 0.3) is 10.4 Å². The third kappa shape index (κ3) is 2.28. The lowest BCUT2D eigenvalue weighted by molar-refractivity contribution is -0.0279. The van der Waals surface area contributed by atoms with Crippen LogP contribution in [0.4, 0.5) is 0 Å². The van der Waals surface area contributed by atoms with Gasteiger partial charge in [0.2, 0.25) is 0 Å². The Kier molecular flexibility index (Phi) is 3.47. The molecule has 1 aliphatic rings.